The minimum absolute atomic E-state index is 0.762. The number of halogens is 1. The molecular formula is C16H14BrN3. The quantitative estimate of drug-likeness (QED) is 0.740. The number of nitrogen functional groups attached to an aromatic ring is 1. The van der Waals surface area contributed by atoms with Gasteiger partial charge in [-0.05, 0) is 35.9 Å². The molecule has 1 heterocycles. The van der Waals surface area contributed by atoms with E-state index < -0.39 is 0 Å². The Balaban J connectivity index is 1.95. The zero-order valence-electron chi connectivity index (χ0n) is 10.8. The van der Waals surface area contributed by atoms with Crippen molar-refractivity contribution in [2.24, 2.45) is 0 Å². The van der Waals surface area contributed by atoms with E-state index in [0.29, 0.717) is 0 Å². The lowest BCUT2D eigenvalue weighted by molar-refractivity contribution is 0.804. The minimum Gasteiger partial charge on any atom is -0.399 e. The number of hydrogen-bond acceptors (Lipinski definition) is 2. The van der Waals surface area contributed by atoms with Crippen molar-refractivity contribution in [1.29, 1.82) is 0 Å². The van der Waals surface area contributed by atoms with E-state index in [1.165, 1.54) is 5.56 Å². The molecule has 0 bridgehead atoms. The van der Waals surface area contributed by atoms with Gasteiger partial charge in [0.05, 0.1) is 6.54 Å². The van der Waals surface area contributed by atoms with E-state index in [2.05, 4.69) is 37.6 Å². The van der Waals surface area contributed by atoms with Gasteiger partial charge in [-0.25, -0.2) is 4.98 Å². The van der Waals surface area contributed by atoms with E-state index in [9.17, 15) is 0 Å². The van der Waals surface area contributed by atoms with Crippen molar-refractivity contribution >= 4 is 21.6 Å². The maximum Gasteiger partial charge on any atom is 0.140 e. The Bertz CT molecular complexity index is 717. The van der Waals surface area contributed by atoms with Crippen molar-refractivity contribution in [3.05, 3.63) is 71.0 Å². The van der Waals surface area contributed by atoms with Crippen LogP contribution < -0.4 is 5.73 Å². The molecule has 0 radical (unpaired) electrons. The maximum atomic E-state index is 5.73. The summed E-state index contributed by atoms with van der Waals surface area (Å²) in [4.78, 5) is 4.45. The van der Waals surface area contributed by atoms with Crippen LogP contribution in [0.15, 0.2) is 65.4 Å². The summed E-state index contributed by atoms with van der Waals surface area (Å²) >= 11 is 3.58. The Kier molecular flexibility index (Phi) is 3.56. The highest BCUT2D eigenvalue weighted by Crippen LogP contribution is 2.22. The number of rotatable bonds is 3. The number of nitrogens with zero attached hydrogens (tertiary/aromatic N) is 2. The molecule has 20 heavy (non-hydrogen) atoms. The summed E-state index contributed by atoms with van der Waals surface area (Å²) in [6.45, 7) is 0.779. The van der Waals surface area contributed by atoms with Gasteiger partial charge in [-0.15, -0.1) is 0 Å². The SMILES string of the molecule is Nc1ccc(-c2nccn2Cc2ccccc2Br)cc1. The summed E-state index contributed by atoms with van der Waals surface area (Å²) in [5.41, 5.74) is 8.78. The van der Waals surface area contributed by atoms with Crippen LogP contribution >= 0.6 is 15.9 Å². The average Bonchev–Trinajstić information content (AvgIpc) is 2.90. The van der Waals surface area contributed by atoms with Crippen LogP contribution in [-0.4, -0.2) is 9.55 Å². The first-order chi connectivity index (χ1) is 9.74. The van der Waals surface area contributed by atoms with E-state index in [-0.39, 0.29) is 0 Å². The van der Waals surface area contributed by atoms with Gasteiger partial charge in [0.15, 0.2) is 0 Å². The van der Waals surface area contributed by atoms with Gasteiger partial charge < -0.3 is 10.3 Å². The Hall–Kier alpha value is -2.07. The zero-order valence-corrected chi connectivity index (χ0v) is 12.4. The van der Waals surface area contributed by atoms with Crippen molar-refractivity contribution in [3.63, 3.8) is 0 Å². The number of imidazole rings is 1. The molecule has 0 aliphatic rings. The molecule has 3 aromatic rings. The molecule has 0 spiro atoms. The van der Waals surface area contributed by atoms with Gasteiger partial charge in [-0.2, -0.15) is 0 Å². The normalized spacial score (nSPS) is 10.7. The molecule has 0 atom stereocenters. The fourth-order valence-corrected chi connectivity index (χ4v) is 2.55. The molecule has 0 saturated heterocycles. The van der Waals surface area contributed by atoms with Crippen LogP contribution in [0.25, 0.3) is 11.4 Å². The first-order valence-electron chi connectivity index (χ1n) is 6.34. The fourth-order valence-electron chi connectivity index (χ4n) is 2.14. The predicted octanol–water partition coefficient (Wildman–Crippen LogP) is 3.94. The fraction of sp³-hybridized carbons (Fsp3) is 0.0625. The minimum atomic E-state index is 0.762. The van der Waals surface area contributed by atoms with Gasteiger partial charge in [0.25, 0.3) is 0 Å². The second-order valence-electron chi connectivity index (χ2n) is 4.59. The predicted molar refractivity (Wildman–Crippen MR) is 85.3 cm³/mol. The van der Waals surface area contributed by atoms with E-state index in [0.717, 1.165) is 28.1 Å². The van der Waals surface area contributed by atoms with Gasteiger partial charge in [0.1, 0.15) is 5.82 Å². The lowest BCUT2D eigenvalue weighted by Gasteiger charge is -2.09. The van der Waals surface area contributed by atoms with Gasteiger partial charge in [-0.1, -0.05) is 34.1 Å². The molecule has 0 saturated carbocycles. The molecule has 0 amide bonds. The molecular weight excluding hydrogens is 314 g/mol. The molecule has 0 fully saturated rings. The number of hydrogen-bond donors (Lipinski definition) is 1. The van der Waals surface area contributed by atoms with Crippen molar-refractivity contribution in [3.8, 4) is 11.4 Å². The Morgan fingerprint density at radius 3 is 2.55 bits per heavy atom. The van der Waals surface area contributed by atoms with Gasteiger partial charge >= 0.3 is 0 Å². The molecule has 100 valence electrons. The molecule has 3 nitrogen and oxygen atoms in total. The third-order valence-corrected chi connectivity index (χ3v) is 3.96. The van der Waals surface area contributed by atoms with Crippen molar-refractivity contribution in [2.75, 3.05) is 5.73 Å². The van der Waals surface area contributed by atoms with Gasteiger partial charge in [0.2, 0.25) is 0 Å². The number of nitrogens with two attached hydrogens (primary N) is 1. The van der Waals surface area contributed by atoms with Crippen LogP contribution in [0.2, 0.25) is 0 Å². The van der Waals surface area contributed by atoms with Crippen LogP contribution in [-0.2, 0) is 6.54 Å². The topological polar surface area (TPSA) is 43.8 Å². The van der Waals surface area contributed by atoms with Crippen molar-refractivity contribution < 1.29 is 0 Å². The summed E-state index contributed by atoms with van der Waals surface area (Å²) in [5, 5.41) is 0. The second kappa shape index (κ2) is 5.51. The molecule has 0 aliphatic carbocycles. The highest BCUT2D eigenvalue weighted by atomic mass is 79.9. The molecule has 3 rings (SSSR count). The molecule has 2 N–H and O–H groups in total. The molecule has 0 unspecified atom stereocenters. The largest absolute Gasteiger partial charge is 0.399 e. The Morgan fingerprint density at radius 2 is 1.80 bits per heavy atom. The highest BCUT2D eigenvalue weighted by Gasteiger charge is 2.07. The van der Waals surface area contributed by atoms with Gasteiger partial charge in [-0.3, -0.25) is 0 Å². The lowest BCUT2D eigenvalue weighted by atomic mass is 10.2. The standard InChI is InChI=1S/C16H14BrN3/c17-15-4-2-1-3-13(15)11-20-10-9-19-16(20)12-5-7-14(18)8-6-12/h1-10H,11,18H2. The van der Waals surface area contributed by atoms with Crippen molar-refractivity contribution in [1.82, 2.24) is 9.55 Å². The number of aromatic nitrogens is 2. The van der Waals surface area contributed by atoms with Gasteiger partial charge in [0, 0.05) is 28.1 Å². The van der Waals surface area contributed by atoms with Crippen LogP contribution in [0.3, 0.4) is 0 Å². The third-order valence-electron chi connectivity index (χ3n) is 3.18. The summed E-state index contributed by atoms with van der Waals surface area (Å²) in [7, 11) is 0. The average molecular weight is 328 g/mol. The van der Waals surface area contributed by atoms with Crippen molar-refractivity contribution in [2.45, 2.75) is 6.54 Å². The second-order valence-corrected chi connectivity index (χ2v) is 5.45. The van der Waals surface area contributed by atoms with E-state index in [1.54, 1.807) is 0 Å². The van der Waals surface area contributed by atoms with Crippen LogP contribution in [0.4, 0.5) is 5.69 Å². The van der Waals surface area contributed by atoms with E-state index >= 15 is 0 Å². The summed E-state index contributed by atoms with van der Waals surface area (Å²) < 4.78 is 3.24. The molecule has 4 heteroatoms. The maximum absolute atomic E-state index is 5.73. The third kappa shape index (κ3) is 2.60. The van der Waals surface area contributed by atoms with E-state index in [1.807, 2.05) is 48.8 Å². The first-order valence-corrected chi connectivity index (χ1v) is 7.14. The van der Waals surface area contributed by atoms with Crippen LogP contribution in [0.1, 0.15) is 5.56 Å². The zero-order chi connectivity index (χ0) is 13.9. The smallest absolute Gasteiger partial charge is 0.140 e. The van der Waals surface area contributed by atoms with Crippen LogP contribution in [0, 0.1) is 0 Å². The molecule has 0 aliphatic heterocycles. The number of benzene rings is 2. The summed E-state index contributed by atoms with van der Waals surface area (Å²) in [5.74, 6) is 0.945. The lowest BCUT2D eigenvalue weighted by Crippen LogP contribution is -2.01. The Labute approximate surface area is 126 Å². The highest BCUT2D eigenvalue weighted by molar-refractivity contribution is 9.10. The van der Waals surface area contributed by atoms with E-state index in [4.69, 9.17) is 5.73 Å². The summed E-state index contributed by atoms with van der Waals surface area (Å²) in [6, 6.07) is 16.0. The summed E-state index contributed by atoms with van der Waals surface area (Å²) in [6.07, 6.45) is 3.81. The first kappa shape index (κ1) is 12.9. The number of anilines is 1. The van der Waals surface area contributed by atoms with Crippen LogP contribution in [0.5, 0.6) is 0 Å². The Morgan fingerprint density at radius 1 is 1.05 bits per heavy atom. The monoisotopic (exact) mass is 327 g/mol. The molecule has 2 aromatic carbocycles. The molecule has 1 aromatic heterocycles.